The van der Waals surface area contributed by atoms with Gasteiger partial charge in [0.15, 0.2) is 0 Å². The fraction of sp³-hybridized carbons (Fsp3) is 0.917. The Bertz CT molecular complexity index is 400. The van der Waals surface area contributed by atoms with Crippen molar-refractivity contribution in [3.63, 3.8) is 0 Å². The van der Waals surface area contributed by atoms with Gasteiger partial charge in [-0.2, -0.15) is 0 Å². The lowest BCUT2D eigenvalue weighted by Crippen LogP contribution is -2.47. The molecule has 6 nitrogen and oxygen atoms in total. The van der Waals surface area contributed by atoms with E-state index in [0.717, 1.165) is 25.9 Å². The molecule has 1 fully saturated rings. The Morgan fingerprint density at radius 1 is 1.37 bits per heavy atom. The van der Waals surface area contributed by atoms with E-state index in [0.29, 0.717) is 6.04 Å². The van der Waals surface area contributed by atoms with Gasteiger partial charge in [0.25, 0.3) is 0 Å². The highest BCUT2D eigenvalue weighted by molar-refractivity contribution is 7.89. The number of aliphatic carboxylic acids is 1. The van der Waals surface area contributed by atoms with Crippen LogP contribution in [0.3, 0.4) is 0 Å². The number of carboxylic acid groups (broad SMARTS) is 1. The minimum atomic E-state index is -3.46. The van der Waals surface area contributed by atoms with Crippen LogP contribution >= 0.6 is 0 Å². The van der Waals surface area contributed by atoms with Gasteiger partial charge in [-0.3, -0.25) is 4.79 Å². The van der Waals surface area contributed by atoms with E-state index < -0.39 is 16.0 Å². The van der Waals surface area contributed by atoms with Crippen molar-refractivity contribution in [1.29, 1.82) is 0 Å². The zero-order chi connectivity index (χ0) is 14.6. The minimum absolute atomic E-state index is 0.00575. The lowest BCUT2D eigenvalue weighted by molar-refractivity contribution is -0.136. The number of carboxylic acids is 1. The van der Waals surface area contributed by atoms with Crippen molar-refractivity contribution < 1.29 is 18.3 Å². The first-order valence-electron chi connectivity index (χ1n) is 6.65. The maximum atomic E-state index is 12.0. The summed E-state index contributed by atoms with van der Waals surface area (Å²) in [6.07, 6.45) is 1.28. The average Bonchev–Trinajstić information content (AvgIpc) is 2.35. The molecular formula is C12H24N2O4S. The number of hydrogen-bond acceptors (Lipinski definition) is 4. The molecule has 112 valence electrons. The molecule has 0 radical (unpaired) electrons. The van der Waals surface area contributed by atoms with Crippen LogP contribution in [0, 0.1) is 0 Å². The zero-order valence-corrected chi connectivity index (χ0v) is 12.7. The third-order valence-electron chi connectivity index (χ3n) is 3.76. The lowest BCUT2D eigenvalue weighted by atomic mass is 10.0. The predicted molar refractivity (Wildman–Crippen MR) is 73.5 cm³/mol. The van der Waals surface area contributed by atoms with E-state index >= 15 is 0 Å². The molecule has 1 rings (SSSR count). The van der Waals surface area contributed by atoms with Crippen LogP contribution < -0.4 is 0 Å². The number of nitrogens with zero attached hydrogens (tertiary/aromatic N) is 2. The van der Waals surface area contributed by atoms with E-state index in [4.69, 9.17) is 5.11 Å². The summed E-state index contributed by atoms with van der Waals surface area (Å²) in [6.45, 7) is 6.05. The minimum Gasteiger partial charge on any atom is -0.481 e. The van der Waals surface area contributed by atoms with Crippen LogP contribution in [0.2, 0.25) is 0 Å². The molecule has 1 N–H and O–H groups in total. The molecule has 0 aromatic carbocycles. The van der Waals surface area contributed by atoms with Gasteiger partial charge in [-0.05, 0) is 39.8 Å². The summed E-state index contributed by atoms with van der Waals surface area (Å²) in [7, 11) is -1.90. The van der Waals surface area contributed by atoms with Gasteiger partial charge in [0, 0.05) is 19.1 Å². The molecule has 0 unspecified atom stereocenters. The molecule has 1 heterocycles. The maximum absolute atomic E-state index is 12.0. The van der Waals surface area contributed by atoms with Gasteiger partial charge < -0.3 is 10.0 Å². The normalized spacial score (nSPS) is 19.2. The van der Waals surface area contributed by atoms with Crippen molar-refractivity contribution in [2.45, 2.75) is 45.2 Å². The summed E-state index contributed by atoms with van der Waals surface area (Å²) in [5, 5.41) is 8.58. The zero-order valence-electron chi connectivity index (χ0n) is 11.9. The standard InChI is InChI=1S/C12H24N2O4S/c1-10(2)14-7-4-11(5-8-14)13(3)19(17,18)9-6-12(15)16/h10-11H,4-9H2,1-3H3,(H,15,16). The van der Waals surface area contributed by atoms with Gasteiger partial charge in [0.1, 0.15) is 0 Å². The van der Waals surface area contributed by atoms with Gasteiger partial charge in [-0.25, -0.2) is 12.7 Å². The van der Waals surface area contributed by atoms with Crippen molar-refractivity contribution in [2.75, 3.05) is 25.9 Å². The Labute approximate surface area is 115 Å². The number of rotatable bonds is 6. The second-order valence-electron chi connectivity index (χ2n) is 5.34. The smallest absolute Gasteiger partial charge is 0.304 e. The number of carbonyl (C=O) groups is 1. The molecule has 0 aliphatic carbocycles. The van der Waals surface area contributed by atoms with Crippen LogP contribution in [0.5, 0.6) is 0 Å². The highest BCUT2D eigenvalue weighted by Crippen LogP contribution is 2.19. The first-order valence-corrected chi connectivity index (χ1v) is 8.26. The highest BCUT2D eigenvalue weighted by atomic mass is 32.2. The summed E-state index contributed by atoms with van der Waals surface area (Å²) in [6, 6.07) is 0.476. The van der Waals surface area contributed by atoms with E-state index in [2.05, 4.69) is 18.7 Å². The van der Waals surface area contributed by atoms with E-state index in [1.807, 2.05) is 0 Å². The van der Waals surface area contributed by atoms with Crippen LogP contribution in [0.4, 0.5) is 0 Å². The molecule has 1 aliphatic heterocycles. The number of hydrogen-bond donors (Lipinski definition) is 1. The molecular weight excluding hydrogens is 268 g/mol. The third-order valence-corrected chi connectivity index (χ3v) is 5.65. The van der Waals surface area contributed by atoms with Crippen molar-refractivity contribution in [2.24, 2.45) is 0 Å². The first kappa shape index (κ1) is 16.4. The molecule has 0 bridgehead atoms. The summed E-state index contributed by atoms with van der Waals surface area (Å²) in [5.41, 5.74) is 0. The summed E-state index contributed by atoms with van der Waals surface area (Å²) in [5.74, 6) is -1.39. The Balaban J connectivity index is 2.54. The molecule has 7 heteroatoms. The molecule has 19 heavy (non-hydrogen) atoms. The van der Waals surface area contributed by atoms with Crippen molar-refractivity contribution in [3.8, 4) is 0 Å². The van der Waals surface area contributed by atoms with E-state index in [1.165, 1.54) is 4.31 Å². The summed E-state index contributed by atoms with van der Waals surface area (Å²) in [4.78, 5) is 12.8. The average molecular weight is 292 g/mol. The van der Waals surface area contributed by atoms with Crippen LogP contribution in [-0.4, -0.2) is 66.7 Å². The SMILES string of the molecule is CC(C)N1CCC(N(C)S(=O)(=O)CCC(=O)O)CC1. The predicted octanol–water partition coefficient (Wildman–Crippen LogP) is 0.596. The number of sulfonamides is 1. The molecule has 0 spiro atoms. The Kier molecular flexibility index (Phi) is 5.76. The quantitative estimate of drug-likeness (QED) is 0.775. The fourth-order valence-electron chi connectivity index (χ4n) is 2.35. The molecule has 0 aromatic rings. The molecule has 1 saturated heterocycles. The summed E-state index contributed by atoms with van der Waals surface area (Å²) >= 11 is 0. The van der Waals surface area contributed by atoms with E-state index in [1.54, 1.807) is 7.05 Å². The van der Waals surface area contributed by atoms with Crippen molar-refractivity contribution in [3.05, 3.63) is 0 Å². The molecule has 1 aliphatic rings. The van der Waals surface area contributed by atoms with Gasteiger partial charge in [0.05, 0.1) is 12.2 Å². The van der Waals surface area contributed by atoms with Crippen molar-refractivity contribution in [1.82, 2.24) is 9.21 Å². The Morgan fingerprint density at radius 2 is 1.89 bits per heavy atom. The Morgan fingerprint density at radius 3 is 2.32 bits per heavy atom. The van der Waals surface area contributed by atoms with Gasteiger partial charge in [-0.15, -0.1) is 0 Å². The van der Waals surface area contributed by atoms with Gasteiger partial charge >= 0.3 is 5.97 Å². The monoisotopic (exact) mass is 292 g/mol. The highest BCUT2D eigenvalue weighted by Gasteiger charge is 2.30. The van der Waals surface area contributed by atoms with Gasteiger partial charge in [-0.1, -0.05) is 0 Å². The topological polar surface area (TPSA) is 77.9 Å². The van der Waals surface area contributed by atoms with E-state index in [9.17, 15) is 13.2 Å². The van der Waals surface area contributed by atoms with Crippen LogP contribution in [-0.2, 0) is 14.8 Å². The first-order chi connectivity index (χ1) is 8.74. The van der Waals surface area contributed by atoms with Crippen LogP contribution in [0.15, 0.2) is 0 Å². The summed E-state index contributed by atoms with van der Waals surface area (Å²) < 4.78 is 25.4. The molecule has 0 amide bonds. The second kappa shape index (κ2) is 6.67. The molecule has 0 atom stereocenters. The largest absolute Gasteiger partial charge is 0.481 e. The van der Waals surface area contributed by atoms with Gasteiger partial charge in [0.2, 0.25) is 10.0 Å². The van der Waals surface area contributed by atoms with Crippen LogP contribution in [0.1, 0.15) is 33.1 Å². The maximum Gasteiger partial charge on any atom is 0.304 e. The van der Waals surface area contributed by atoms with Crippen LogP contribution in [0.25, 0.3) is 0 Å². The second-order valence-corrected chi connectivity index (χ2v) is 7.48. The third kappa shape index (κ3) is 4.74. The molecule has 0 aromatic heterocycles. The van der Waals surface area contributed by atoms with E-state index in [-0.39, 0.29) is 18.2 Å². The number of likely N-dealkylation sites (tertiary alicyclic amines) is 1. The Hall–Kier alpha value is -0.660. The molecule has 0 saturated carbocycles. The fourth-order valence-corrected chi connectivity index (χ4v) is 3.74. The lowest BCUT2D eigenvalue weighted by Gasteiger charge is -2.37. The van der Waals surface area contributed by atoms with Crippen molar-refractivity contribution >= 4 is 16.0 Å². The number of piperidine rings is 1.